The summed E-state index contributed by atoms with van der Waals surface area (Å²) in [5.41, 5.74) is 0.843. The minimum atomic E-state index is -0.684. The van der Waals surface area contributed by atoms with E-state index in [0.717, 1.165) is 31.3 Å². The van der Waals surface area contributed by atoms with Crippen LogP contribution in [0.15, 0.2) is 30.6 Å². The molecule has 0 saturated carbocycles. The fraction of sp³-hybridized carbons (Fsp3) is 0.524. The highest BCUT2D eigenvalue weighted by Gasteiger charge is 2.46. The molecule has 1 N–H and O–H groups in total. The monoisotopic (exact) mass is 420 g/mol. The molecule has 7 nitrogen and oxygen atoms in total. The summed E-state index contributed by atoms with van der Waals surface area (Å²) in [7, 11) is 0. The average Bonchev–Trinajstić information content (AvgIpc) is 3.34. The van der Waals surface area contributed by atoms with Crippen LogP contribution < -0.4 is 5.32 Å². The Hall–Kier alpha value is -2.36. The first kappa shape index (κ1) is 20.9. The number of rotatable bonds is 6. The number of morpholine rings is 1. The standard InChI is InChI=1S/C21H26F2N4O3/c1-2-27-12-15(9-25-27)11-26-5-6-30-21(13-26)8-19(29-14-21)20(28)24-10-16-3-4-17(22)7-18(16)23/h3-4,7,9,12,19H,2,5-6,8,10-11,13-14H2,1H3,(H,24,28). The van der Waals surface area contributed by atoms with E-state index in [-0.39, 0.29) is 18.0 Å². The largest absolute Gasteiger partial charge is 0.370 e. The third kappa shape index (κ3) is 4.69. The van der Waals surface area contributed by atoms with Gasteiger partial charge in [-0.3, -0.25) is 14.4 Å². The number of ether oxygens (including phenoxy) is 2. The number of aromatic nitrogens is 2. The summed E-state index contributed by atoms with van der Waals surface area (Å²) in [6.45, 7) is 6.01. The van der Waals surface area contributed by atoms with Crippen LogP contribution in [0.25, 0.3) is 0 Å². The molecule has 2 fully saturated rings. The first-order chi connectivity index (χ1) is 14.5. The molecule has 30 heavy (non-hydrogen) atoms. The zero-order valence-electron chi connectivity index (χ0n) is 16.9. The molecule has 2 aliphatic heterocycles. The van der Waals surface area contributed by atoms with Crippen molar-refractivity contribution < 1.29 is 23.0 Å². The second-order valence-corrected chi connectivity index (χ2v) is 7.90. The van der Waals surface area contributed by atoms with Gasteiger partial charge in [-0.25, -0.2) is 8.78 Å². The van der Waals surface area contributed by atoms with Gasteiger partial charge in [-0.1, -0.05) is 6.07 Å². The number of halogens is 2. The molecule has 1 amide bonds. The molecular formula is C21H26F2N4O3. The quantitative estimate of drug-likeness (QED) is 0.773. The molecule has 0 aliphatic carbocycles. The third-order valence-electron chi connectivity index (χ3n) is 5.61. The molecule has 4 rings (SSSR count). The van der Waals surface area contributed by atoms with Crippen LogP contribution >= 0.6 is 0 Å². The highest BCUT2D eigenvalue weighted by atomic mass is 19.1. The lowest BCUT2D eigenvalue weighted by molar-refractivity contribution is -0.130. The molecule has 0 radical (unpaired) electrons. The molecule has 2 aliphatic rings. The summed E-state index contributed by atoms with van der Waals surface area (Å²) in [6.07, 6.45) is 3.70. The fourth-order valence-corrected chi connectivity index (χ4v) is 4.03. The van der Waals surface area contributed by atoms with Crippen LogP contribution in [-0.2, 0) is 33.9 Å². The van der Waals surface area contributed by atoms with Gasteiger partial charge in [0.05, 0.1) is 19.4 Å². The van der Waals surface area contributed by atoms with Gasteiger partial charge in [0.25, 0.3) is 0 Å². The number of amides is 1. The zero-order chi connectivity index (χ0) is 21.1. The third-order valence-corrected chi connectivity index (χ3v) is 5.61. The van der Waals surface area contributed by atoms with Gasteiger partial charge in [0, 0.05) is 62.5 Å². The Balaban J connectivity index is 1.31. The maximum atomic E-state index is 13.8. The van der Waals surface area contributed by atoms with Crippen molar-refractivity contribution in [1.82, 2.24) is 20.0 Å². The van der Waals surface area contributed by atoms with Crippen molar-refractivity contribution in [3.8, 4) is 0 Å². The van der Waals surface area contributed by atoms with Crippen LogP contribution in [0.5, 0.6) is 0 Å². The lowest BCUT2D eigenvalue weighted by Crippen LogP contribution is -2.52. The highest BCUT2D eigenvalue weighted by Crippen LogP contribution is 2.32. The first-order valence-electron chi connectivity index (χ1n) is 10.2. The molecule has 162 valence electrons. The molecule has 3 heterocycles. The van der Waals surface area contributed by atoms with E-state index in [1.54, 1.807) is 0 Å². The Morgan fingerprint density at radius 3 is 3.03 bits per heavy atom. The predicted octanol–water partition coefficient (Wildman–Crippen LogP) is 1.86. The normalized spacial score (nSPS) is 24.4. The molecule has 9 heteroatoms. The van der Waals surface area contributed by atoms with E-state index >= 15 is 0 Å². The van der Waals surface area contributed by atoms with E-state index in [1.165, 1.54) is 12.1 Å². The number of hydrogen-bond donors (Lipinski definition) is 1. The lowest BCUT2D eigenvalue weighted by atomic mass is 9.97. The maximum Gasteiger partial charge on any atom is 0.249 e. The van der Waals surface area contributed by atoms with Crippen LogP contribution in [-0.4, -0.2) is 58.6 Å². The van der Waals surface area contributed by atoms with Crippen molar-refractivity contribution in [1.29, 1.82) is 0 Å². The topological polar surface area (TPSA) is 68.6 Å². The minimum Gasteiger partial charge on any atom is -0.370 e. The van der Waals surface area contributed by atoms with Crippen molar-refractivity contribution >= 4 is 5.91 Å². The predicted molar refractivity (Wildman–Crippen MR) is 104 cm³/mol. The van der Waals surface area contributed by atoms with Crippen molar-refractivity contribution in [2.75, 3.05) is 26.3 Å². The molecule has 2 atom stereocenters. The number of nitrogens with one attached hydrogen (secondary N) is 1. The van der Waals surface area contributed by atoms with Crippen molar-refractivity contribution in [3.05, 3.63) is 53.4 Å². The second-order valence-electron chi connectivity index (χ2n) is 7.90. The molecular weight excluding hydrogens is 394 g/mol. The van der Waals surface area contributed by atoms with E-state index in [2.05, 4.69) is 15.3 Å². The van der Waals surface area contributed by atoms with E-state index < -0.39 is 23.3 Å². The SMILES string of the molecule is CCn1cc(CN2CCOC3(COC(C(=O)NCc4ccc(F)cc4F)C3)C2)cn1. The van der Waals surface area contributed by atoms with E-state index in [9.17, 15) is 13.6 Å². The van der Waals surface area contributed by atoms with Crippen LogP contribution in [0.3, 0.4) is 0 Å². The van der Waals surface area contributed by atoms with Crippen LogP contribution in [0.2, 0.25) is 0 Å². The summed E-state index contributed by atoms with van der Waals surface area (Å²) >= 11 is 0. The number of hydrogen-bond acceptors (Lipinski definition) is 5. The maximum absolute atomic E-state index is 13.8. The summed E-state index contributed by atoms with van der Waals surface area (Å²) < 4.78 is 40.4. The lowest BCUT2D eigenvalue weighted by Gasteiger charge is -2.39. The number of aryl methyl sites for hydroxylation is 1. The number of carbonyl (C=O) groups excluding carboxylic acids is 1. The summed E-state index contributed by atoms with van der Waals surface area (Å²) in [5.74, 6) is -1.65. The second kappa shape index (κ2) is 8.79. The van der Waals surface area contributed by atoms with Gasteiger partial charge in [-0.2, -0.15) is 5.10 Å². The summed E-state index contributed by atoms with van der Waals surface area (Å²) in [6, 6.07) is 3.29. The minimum absolute atomic E-state index is 0.0216. The van der Waals surface area contributed by atoms with Gasteiger partial charge < -0.3 is 14.8 Å². The van der Waals surface area contributed by atoms with Crippen LogP contribution in [0.4, 0.5) is 8.78 Å². The van der Waals surface area contributed by atoms with Gasteiger partial charge in [-0.05, 0) is 13.0 Å². The number of carbonyl (C=O) groups is 1. The van der Waals surface area contributed by atoms with Crippen LogP contribution in [0, 0.1) is 11.6 Å². The smallest absolute Gasteiger partial charge is 0.249 e. The Bertz CT molecular complexity index is 906. The fourth-order valence-electron chi connectivity index (χ4n) is 4.03. The Labute approximate surface area is 173 Å². The number of nitrogens with zero attached hydrogens (tertiary/aromatic N) is 3. The Kier molecular flexibility index (Phi) is 6.12. The van der Waals surface area contributed by atoms with Crippen LogP contribution in [0.1, 0.15) is 24.5 Å². The van der Waals surface area contributed by atoms with Gasteiger partial charge in [0.15, 0.2) is 0 Å². The molecule has 0 bridgehead atoms. The van der Waals surface area contributed by atoms with Gasteiger partial charge in [0.1, 0.15) is 23.3 Å². The van der Waals surface area contributed by atoms with E-state index in [4.69, 9.17) is 9.47 Å². The van der Waals surface area contributed by atoms with Crippen molar-refractivity contribution in [2.45, 2.75) is 44.7 Å². The number of benzene rings is 1. The summed E-state index contributed by atoms with van der Waals surface area (Å²) in [5, 5.41) is 6.99. The van der Waals surface area contributed by atoms with Gasteiger partial charge in [0.2, 0.25) is 5.91 Å². The molecule has 2 aromatic rings. The Morgan fingerprint density at radius 1 is 1.40 bits per heavy atom. The van der Waals surface area contributed by atoms with Crippen molar-refractivity contribution in [2.24, 2.45) is 0 Å². The molecule has 1 aromatic carbocycles. The molecule has 2 unspecified atom stereocenters. The zero-order valence-corrected chi connectivity index (χ0v) is 16.9. The molecule has 2 saturated heterocycles. The van der Waals surface area contributed by atoms with Gasteiger partial charge >= 0.3 is 0 Å². The van der Waals surface area contributed by atoms with E-state index in [0.29, 0.717) is 26.2 Å². The Morgan fingerprint density at radius 2 is 2.27 bits per heavy atom. The van der Waals surface area contributed by atoms with Gasteiger partial charge in [-0.15, -0.1) is 0 Å². The summed E-state index contributed by atoms with van der Waals surface area (Å²) in [4.78, 5) is 14.8. The molecule has 1 spiro atoms. The molecule has 1 aromatic heterocycles. The van der Waals surface area contributed by atoms with E-state index in [1.807, 2.05) is 24.0 Å². The first-order valence-corrected chi connectivity index (χ1v) is 10.2. The highest BCUT2D eigenvalue weighted by molar-refractivity contribution is 5.81. The van der Waals surface area contributed by atoms with Crippen molar-refractivity contribution in [3.63, 3.8) is 0 Å². The average molecular weight is 420 g/mol.